The maximum Gasteiger partial charge on any atom is 0.00700 e. The molecule has 0 aliphatic rings. The molecule has 0 aliphatic carbocycles. The minimum absolute atomic E-state index is 0.684. The standard InChI is InChI=1S/C18H31N/c1-5-8-18(19-6-2)12-11-16-9-7-10-17(14-16)13-15(3)4/h7,9-10,14-15,18-19H,5-6,8,11-13H2,1-4H3. The maximum absolute atomic E-state index is 3.60. The summed E-state index contributed by atoms with van der Waals surface area (Å²) in [5.41, 5.74) is 2.99. The van der Waals surface area contributed by atoms with E-state index in [2.05, 4.69) is 57.3 Å². The fraction of sp³-hybridized carbons (Fsp3) is 0.667. The fourth-order valence-corrected chi connectivity index (χ4v) is 2.71. The summed E-state index contributed by atoms with van der Waals surface area (Å²) < 4.78 is 0. The first-order chi connectivity index (χ1) is 9.15. The highest BCUT2D eigenvalue weighted by Gasteiger charge is 2.06. The van der Waals surface area contributed by atoms with Crippen molar-refractivity contribution in [3.05, 3.63) is 35.4 Å². The van der Waals surface area contributed by atoms with E-state index in [1.54, 1.807) is 0 Å². The van der Waals surface area contributed by atoms with E-state index < -0.39 is 0 Å². The Balaban J connectivity index is 2.51. The van der Waals surface area contributed by atoms with Gasteiger partial charge in [-0.15, -0.1) is 0 Å². The molecule has 0 aromatic heterocycles. The highest BCUT2D eigenvalue weighted by atomic mass is 14.9. The van der Waals surface area contributed by atoms with Gasteiger partial charge in [-0.25, -0.2) is 0 Å². The van der Waals surface area contributed by atoms with Gasteiger partial charge in [0.2, 0.25) is 0 Å². The molecule has 0 amide bonds. The van der Waals surface area contributed by atoms with Crippen LogP contribution in [0.4, 0.5) is 0 Å². The Bertz CT molecular complexity index is 337. The summed E-state index contributed by atoms with van der Waals surface area (Å²) in [7, 11) is 0. The molecule has 19 heavy (non-hydrogen) atoms. The molecule has 0 aliphatic heterocycles. The highest BCUT2D eigenvalue weighted by molar-refractivity contribution is 5.24. The average molecular weight is 261 g/mol. The van der Waals surface area contributed by atoms with Crippen molar-refractivity contribution in [2.24, 2.45) is 5.92 Å². The van der Waals surface area contributed by atoms with Crippen LogP contribution >= 0.6 is 0 Å². The van der Waals surface area contributed by atoms with Gasteiger partial charge < -0.3 is 5.32 Å². The van der Waals surface area contributed by atoms with E-state index in [1.807, 2.05) is 0 Å². The molecular weight excluding hydrogens is 230 g/mol. The number of nitrogens with one attached hydrogen (secondary N) is 1. The second-order valence-corrected chi connectivity index (χ2v) is 6.00. The lowest BCUT2D eigenvalue weighted by Crippen LogP contribution is -2.29. The molecule has 1 aromatic carbocycles. The summed E-state index contributed by atoms with van der Waals surface area (Å²) in [6, 6.07) is 9.84. The normalized spacial score (nSPS) is 12.9. The Morgan fingerprint density at radius 3 is 2.42 bits per heavy atom. The van der Waals surface area contributed by atoms with Crippen molar-refractivity contribution >= 4 is 0 Å². The maximum atomic E-state index is 3.60. The van der Waals surface area contributed by atoms with E-state index in [0.717, 1.165) is 12.5 Å². The topological polar surface area (TPSA) is 12.0 Å². The van der Waals surface area contributed by atoms with Crippen LogP contribution in [0, 0.1) is 5.92 Å². The molecule has 0 heterocycles. The van der Waals surface area contributed by atoms with Crippen molar-refractivity contribution in [2.75, 3.05) is 6.54 Å². The molecule has 108 valence electrons. The molecule has 0 fully saturated rings. The molecule has 0 radical (unpaired) electrons. The molecule has 1 N–H and O–H groups in total. The van der Waals surface area contributed by atoms with Gasteiger partial charge in [0.05, 0.1) is 0 Å². The number of hydrogen-bond donors (Lipinski definition) is 1. The van der Waals surface area contributed by atoms with E-state index in [1.165, 1.54) is 43.2 Å². The van der Waals surface area contributed by atoms with Crippen molar-refractivity contribution in [2.45, 2.75) is 65.8 Å². The van der Waals surface area contributed by atoms with Crippen LogP contribution in [-0.2, 0) is 12.8 Å². The quantitative estimate of drug-likeness (QED) is 0.685. The van der Waals surface area contributed by atoms with Crippen LogP contribution in [0.3, 0.4) is 0 Å². The molecule has 1 unspecified atom stereocenters. The molecule has 0 saturated heterocycles. The van der Waals surface area contributed by atoms with Gasteiger partial charge in [-0.3, -0.25) is 0 Å². The molecular formula is C18H31N. The second kappa shape index (κ2) is 9.14. The Morgan fingerprint density at radius 1 is 1.05 bits per heavy atom. The summed E-state index contributed by atoms with van der Waals surface area (Å²) in [6.45, 7) is 10.1. The largest absolute Gasteiger partial charge is 0.314 e. The third-order valence-electron chi connectivity index (χ3n) is 3.55. The number of rotatable bonds is 9. The predicted octanol–water partition coefficient (Wildman–Crippen LogP) is 4.60. The first-order valence-electron chi connectivity index (χ1n) is 7.96. The van der Waals surface area contributed by atoms with E-state index >= 15 is 0 Å². The van der Waals surface area contributed by atoms with Crippen molar-refractivity contribution in [3.8, 4) is 0 Å². The van der Waals surface area contributed by atoms with Crippen molar-refractivity contribution in [3.63, 3.8) is 0 Å². The first kappa shape index (κ1) is 16.2. The summed E-state index contributed by atoms with van der Waals surface area (Å²) in [5, 5.41) is 3.60. The van der Waals surface area contributed by atoms with Gasteiger partial charge in [0.15, 0.2) is 0 Å². The molecule has 1 rings (SSSR count). The zero-order valence-corrected chi connectivity index (χ0v) is 13.2. The summed E-state index contributed by atoms with van der Waals surface area (Å²) in [6.07, 6.45) is 6.21. The number of aryl methyl sites for hydroxylation is 1. The van der Waals surface area contributed by atoms with Gasteiger partial charge in [0.1, 0.15) is 0 Å². The molecule has 1 heteroatoms. The van der Waals surface area contributed by atoms with E-state index in [0.29, 0.717) is 6.04 Å². The van der Waals surface area contributed by atoms with Crippen LogP contribution in [0.2, 0.25) is 0 Å². The van der Waals surface area contributed by atoms with Gasteiger partial charge in [-0.2, -0.15) is 0 Å². The zero-order valence-electron chi connectivity index (χ0n) is 13.2. The third-order valence-corrected chi connectivity index (χ3v) is 3.55. The van der Waals surface area contributed by atoms with E-state index in [9.17, 15) is 0 Å². The molecule has 1 aromatic rings. The Morgan fingerprint density at radius 2 is 1.79 bits per heavy atom. The van der Waals surface area contributed by atoms with Crippen molar-refractivity contribution < 1.29 is 0 Å². The smallest absolute Gasteiger partial charge is 0.00700 e. The van der Waals surface area contributed by atoms with Crippen LogP contribution in [0.15, 0.2) is 24.3 Å². The minimum atomic E-state index is 0.684. The van der Waals surface area contributed by atoms with E-state index in [4.69, 9.17) is 0 Å². The van der Waals surface area contributed by atoms with Crippen LogP contribution in [0.5, 0.6) is 0 Å². The monoisotopic (exact) mass is 261 g/mol. The molecule has 1 atom stereocenters. The molecule has 1 nitrogen and oxygen atoms in total. The average Bonchev–Trinajstić information content (AvgIpc) is 2.36. The van der Waals surface area contributed by atoms with Crippen molar-refractivity contribution in [1.29, 1.82) is 0 Å². The van der Waals surface area contributed by atoms with E-state index in [-0.39, 0.29) is 0 Å². The van der Waals surface area contributed by atoms with Crippen LogP contribution in [0.1, 0.15) is 58.1 Å². The number of benzene rings is 1. The fourth-order valence-electron chi connectivity index (χ4n) is 2.71. The highest BCUT2D eigenvalue weighted by Crippen LogP contribution is 2.14. The van der Waals surface area contributed by atoms with Crippen LogP contribution < -0.4 is 5.32 Å². The summed E-state index contributed by atoms with van der Waals surface area (Å²) in [5.74, 6) is 0.741. The van der Waals surface area contributed by atoms with Gasteiger partial charge in [0.25, 0.3) is 0 Å². The third kappa shape index (κ3) is 6.77. The lowest BCUT2D eigenvalue weighted by atomic mass is 9.97. The van der Waals surface area contributed by atoms with Gasteiger partial charge in [0, 0.05) is 6.04 Å². The second-order valence-electron chi connectivity index (χ2n) is 6.00. The van der Waals surface area contributed by atoms with Gasteiger partial charge >= 0.3 is 0 Å². The lowest BCUT2D eigenvalue weighted by Gasteiger charge is -2.17. The Hall–Kier alpha value is -0.820. The summed E-state index contributed by atoms with van der Waals surface area (Å²) in [4.78, 5) is 0. The SMILES string of the molecule is CCCC(CCc1cccc(CC(C)C)c1)NCC. The molecule has 0 bridgehead atoms. The summed E-state index contributed by atoms with van der Waals surface area (Å²) >= 11 is 0. The molecule has 0 spiro atoms. The van der Waals surface area contributed by atoms with Crippen LogP contribution in [-0.4, -0.2) is 12.6 Å². The minimum Gasteiger partial charge on any atom is -0.314 e. The van der Waals surface area contributed by atoms with Gasteiger partial charge in [-0.1, -0.05) is 58.4 Å². The molecule has 0 saturated carbocycles. The Labute approximate surface area is 119 Å². The lowest BCUT2D eigenvalue weighted by molar-refractivity contribution is 0.459. The Kier molecular flexibility index (Phi) is 7.81. The first-order valence-corrected chi connectivity index (χ1v) is 7.96. The number of hydrogen-bond acceptors (Lipinski definition) is 1. The van der Waals surface area contributed by atoms with Crippen LogP contribution in [0.25, 0.3) is 0 Å². The predicted molar refractivity (Wildman–Crippen MR) is 85.7 cm³/mol. The van der Waals surface area contributed by atoms with Crippen molar-refractivity contribution in [1.82, 2.24) is 5.32 Å². The zero-order chi connectivity index (χ0) is 14.1. The van der Waals surface area contributed by atoms with Gasteiger partial charge in [-0.05, 0) is 49.3 Å².